The number of carbonyl (C=O) groups excluding carboxylic acids is 1. The monoisotopic (exact) mass is 920 g/mol. The molecule has 0 bridgehead atoms. The Hall–Kier alpha value is -8.97. The Labute approximate surface area is 392 Å². The van der Waals surface area contributed by atoms with Crippen LogP contribution in [0.1, 0.15) is 108 Å². The normalized spacial score (nSPS) is 21.2. The summed E-state index contributed by atoms with van der Waals surface area (Å²) in [5.74, 6) is -7.49. The Bertz CT molecular complexity index is 3420. The summed E-state index contributed by atoms with van der Waals surface area (Å²) in [5, 5.41) is 113. The standard InChI is InChI=1S/C56H40O13/c57-29-9-1-24(2-10-29)42-44-36(20-35(63)21-37(44)64)45-49-41(69-56(45)27-7-15-32(60)16-8-27)23-38(65)46-47-39(66)22-40-48(52(47)53(50(42)51(46)49)54(67)25-3-11-30(58)12-4-25)43(28-17-33(61)19-34(62)18-28)55(68-40)26-5-13-31(59)14-6-26/h1-23,42-43,45,50,53,55-66H/t42-,43-,45-,50+,53-,55+,56+/m1/s1. The van der Waals surface area contributed by atoms with Gasteiger partial charge in [-0.25, -0.2) is 0 Å². The Kier molecular flexibility index (Phi) is 9.03. The zero-order valence-corrected chi connectivity index (χ0v) is 36.0. The highest BCUT2D eigenvalue weighted by Gasteiger charge is 2.56. The summed E-state index contributed by atoms with van der Waals surface area (Å²) in [4.78, 5) is 16.2. The third-order valence-corrected chi connectivity index (χ3v) is 14.3. The summed E-state index contributed by atoms with van der Waals surface area (Å²) in [6.07, 6.45) is -1.85. The van der Waals surface area contributed by atoms with Crippen LogP contribution in [0.2, 0.25) is 0 Å². The van der Waals surface area contributed by atoms with Gasteiger partial charge in [-0.15, -0.1) is 0 Å². The van der Waals surface area contributed by atoms with Crippen molar-refractivity contribution in [2.75, 3.05) is 0 Å². The van der Waals surface area contributed by atoms with E-state index in [9.17, 15) is 51.1 Å². The number of phenolic OH excluding ortho intramolecular Hbond substituents is 10. The van der Waals surface area contributed by atoms with Crippen molar-refractivity contribution in [2.45, 2.75) is 41.8 Å². The van der Waals surface area contributed by atoms with Crippen molar-refractivity contribution in [2.24, 2.45) is 0 Å². The smallest absolute Gasteiger partial charge is 0.171 e. The van der Waals surface area contributed by atoms with Crippen molar-refractivity contribution >= 4 is 5.78 Å². The van der Waals surface area contributed by atoms with Gasteiger partial charge in [0.05, 0.1) is 17.8 Å². The van der Waals surface area contributed by atoms with Crippen molar-refractivity contribution in [3.05, 3.63) is 201 Å². The number of ether oxygens (including phenoxy) is 2. The largest absolute Gasteiger partial charge is 0.508 e. The second-order valence-corrected chi connectivity index (χ2v) is 18.1. The van der Waals surface area contributed by atoms with E-state index in [0.717, 1.165) is 0 Å². The van der Waals surface area contributed by atoms with E-state index in [-0.39, 0.29) is 91.2 Å². The number of ketones is 1. The molecular weight excluding hydrogens is 881 g/mol. The molecule has 8 aromatic rings. The lowest BCUT2D eigenvalue weighted by Crippen LogP contribution is -2.31. The molecule has 0 fully saturated rings. The molecule has 2 aliphatic heterocycles. The van der Waals surface area contributed by atoms with E-state index in [1.807, 2.05) is 0 Å². The van der Waals surface area contributed by atoms with Gasteiger partial charge in [-0.2, -0.15) is 0 Å². The number of benzene rings is 8. The van der Waals surface area contributed by atoms with Crippen LogP contribution in [0.3, 0.4) is 0 Å². The van der Waals surface area contributed by atoms with E-state index >= 15 is 4.79 Å². The fourth-order valence-corrected chi connectivity index (χ4v) is 11.7. The van der Waals surface area contributed by atoms with Crippen molar-refractivity contribution in [1.82, 2.24) is 0 Å². The van der Waals surface area contributed by atoms with E-state index < -0.39 is 47.6 Å². The molecule has 0 saturated heterocycles. The first kappa shape index (κ1) is 41.5. The minimum absolute atomic E-state index is 0.000593. The number of rotatable bonds is 6. The van der Waals surface area contributed by atoms with E-state index in [1.54, 1.807) is 36.4 Å². The SMILES string of the molecule is O=C(c1ccc(O)cc1)[C@H]1c2c(c(O)cc3c2[C@@H](c2cc(O)cc(O)c2)[C@H](c2ccc(O)cc2)O3)-c2c(O)cc3c4c2[C@@H]1[C@H](c1ccc(O)cc1)c1c(O)cc(O)cc1[C@H]4[C@H](c1ccc(O)cc1)O3. The molecule has 0 amide bonds. The molecular formula is C56H40O13. The molecule has 2 heterocycles. The first-order chi connectivity index (χ1) is 33.2. The van der Waals surface area contributed by atoms with Gasteiger partial charge in [0.25, 0.3) is 0 Å². The van der Waals surface area contributed by atoms with Crippen LogP contribution in [0.15, 0.2) is 140 Å². The first-order valence-corrected chi connectivity index (χ1v) is 22.2. The van der Waals surface area contributed by atoms with Gasteiger partial charge in [-0.1, -0.05) is 36.4 Å². The van der Waals surface area contributed by atoms with Gasteiger partial charge in [0.1, 0.15) is 81.2 Å². The summed E-state index contributed by atoms with van der Waals surface area (Å²) < 4.78 is 13.6. The number of Topliss-reactive ketones (excluding diaryl/α,β-unsaturated/α-hetero) is 1. The van der Waals surface area contributed by atoms with Crippen LogP contribution in [-0.4, -0.2) is 56.8 Å². The van der Waals surface area contributed by atoms with Crippen LogP contribution < -0.4 is 9.47 Å². The average Bonchev–Trinajstić information content (AvgIpc) is 3.85. The highest BCUT2D eigenvalue weighted by Crippen LogP contribution is 2.71. The lowest BCUT2D eigenvalue weighted by atomic mass is 9.59. The molecule has 342 valence electrons. The van der Waals surface area contributed by atoms with Crippen LogP contribution in [0.25, 0.3) is 11.1 Å². The molecule has 0 spiro atoms. The summed E-state index contributed by atoms with van der Waals surface area (Å²) in [5.41, 5.74) is 4.61. The fourth-order valence-electron chi connectivity index (χ4n) is 11.7. The maximum absolute atomic E-state index is 16.2. The third kappa shape index (κ3) is 6.27. The highest BCUT2D eigenvalue weighted by molar-refractivity contribution is 6.06. The Morgan fingerprint density at radius 3 is 1.35 bits per heavy atom. The quantitative estimate of drug-likeness (QED) is 0.0700. The Morgan fingerprint density at radius 2 is 0.812 bits per heavy atom. The number of phenols is 10. The Balaban J connectivity index is 1.25. The van der Waals surface area contributed by atoms with Crippen molar-refractivity contribution < 1.29 is 65.3 Å². The van der Waals surface area contributed by atoms with Gasteiger partial charge >= 0.3 is 0 Å². The fraction of sp³-hybridized carbons (Fsp3) is 0.125. The molecule has 0 aromatic heterocycles. The number of hydrogen-bond acceptors (Lipinski definition) is 13. The molecule has 8 aromatic carbocycles. The van der Waals surface area contributed by atoms with E-state index in [1.165, 1.54) is 103 Å². The van der Waals surface area contributed by atoms with Crippen LogP contribution in [0.4, 0.5) is 0 Å². The molecule has 13 heteroatoms. The lowest BCUT2D eigenvalue weighted by molar-refractivity contribution is 0.0940. The second-order valence-electron chi connectivity index (χ2n) is 18.1. The summed E-state index contributed by atoms with van der Waals surface area (Å²) >= 11 is 0. The van der Waals surface area contributed by atoms with Gasteiger partial charge < -0.3 is 60.5 Å². The zero-order chi connectivity index (χ0) is 47.7. The van der Waals surface area contributed by atoms with E-state index in [4.69, 9.17) is 9.47 Å². The predicted molar refractivity (Wildman–Crippen MR) is 249 cm³/mol. The molecule has 0 saturated carbocycles. The minimum atomic E-state index is -1.37. The molecule has 2 aliphatic carbocycles. The molecule has 10 N–H and O–H groups in total. The molecule has 13 nitrogen and oxygen atoms in total. The van der Waals surface area contributed by atoms with Crippen LogP contribution in [0.5, 0.6) is 69.0 Å². The molecule has 7 atom stereocenters. The van der Waals surface area contributed by atoms with E-state index in [0.29, 0.717) is 50.1 Å². The van der Waals surface area contributed by atoms with Crippen LogP contribution >= 0.6 is 0 Å². The maximum Gasteiger partial charge on any atom is 0.171 e. The minimum Gasteiger partial charge on any atom is -0.508 e. The summed E-state index contributed by atoms with van der Waals surface area (Å²) in [6, 6.07) is 34.4. The zero-order valence-electron chi connectivity index (χ0n) is 36.0. The predicted octanol–water partition coefficient (Wildman–Crippen LogP) is 10.1. The second kappa shape index (κ2) is 15.0. The number of fused-ring (bicyclic) bond motifs is 6. The number of carbonyl (C=O) groups is 1. The summed E-state index contributed by atoms with van der Waals surface area (Å²) in [6.45, 7) is 0. The van der Waals surface area contributed by atoms with Gasteiger partial charge in [-0.05, 0) is 118 Å². The topological polar surface area (TPSA) is 238 Å². The van der Waals surface area contributed by atoms with Crippen molar-refractivity contribution in [3.63, 3.8) is 0 Å². The third-order valence-electron chi connectivity index (χ3n) is 14.3. The first-order valence-electron chi connectivity index (χ1n) is 22.2. The molecule has 69 heavy (non-hydrogen) atoms. The van der Waals surface area contributed by atoms with Gasteiger partial charge in [-0.3, -0.25) is 4.79 Å². The molecule has 4 aliphatic rings. The van der Waals surface area contributed by atoms with Crippen LogP contribution in [-0.2, 0) is 0 Å². The van der Waals surface area contributed by atoms with Crippen molar-refractivity contribution in [1.29, 1.82) is 0 Å². The summed E-state index contributed by atoms with van der Waals surface area (Å²) in [7, 11) is 0. The molecule has 0 radical (unpaired) electrons. The Morgan fingerprint density at radius 1 is 0.362 bits per heavy atom. The number of hydrogen-bond donors (Lipinski definition) is 10. The van der Waals surface area contributed by atoms with Gasteiger partial charge in [0, 0.05) is 69.5 Å². The lowest BCUT2D eigenvalue weighted by Gasteiger charge is -2.41. The average molecular weight is 921 g/mol. The maximum atomic E-state index is 16.2. The van der Waals surface area contributed by atoms with Crippen molar-refractivity contribution in [3.8, 4) is 80.1 Å². The molecule has 12 rings (SSSR count). The van der Waals surface area contributed by atoms with Crippen LogP contribution in [0, 0.1) is 0 Å². The molecule has 0 unspecified atom stereocenters. The number of aromatic hydroxyl groups is 10. The highest BCUT2D eigenvalue weighted by atomic mass is 16.5. The van der Waals surface area contributed by atoms with E-state index in [2.05, 4.69) is 0 Å². The van der Waals surface area contributed by atoms with Gasteiger partial charge in [0.15, 0.2) is 5.78 Å². The van der Waals surface area contributed by atoms with Gasteiger partial charge in [0.2, 0.25) is 0 Å².